The summed E-state index contributed by atoms with van der Waals surface area (Å²) >= 11 is 0. The fraction of sp³-hybridized carbons (Fsp3) is 0.148. The van der Waals surface area contributed by atoms with Gasteiger partial charge in [-0.1, -0.05) is 24.3 Å². The molecule has 170 valence electrons. The molecule has 2 aromatic carbocycles. The molecule has 7 nitrogen and oxygen atoms in total. The van der Waals surface area contributed by atoms with Crippen LogP contribution in [0, 0.1) is 18.3 Å². The zero-order chi connectivity index (χ0) is 24.1. The van der Waals surface area contributed by atoms with Crippen LogP contribution < -0.4 is 5.32 Å². The Labute approximate surface area is 196 Å². The Hall–Kier alpha value is -4.57. The number of aromatic nitrogens is 1. The fourth-order valence-electron chi connectivity index (χ4n) is 3.80. The van der Waals surface area contributed by atoms with Gasteiger partial charge in [0.05, 0.1) is 12.7 Å². The van der Waals surface area contributed by atoms with Gasteiger partial charge in [-0.05, 0) is 54.8 Å². The Balaban J connectivity index is 1.43. The summed E-state index contributed by atoms with van der Waals surface area (Å²) in [6.07, 6.45) is 3.99. The number of nitriles is 1. The number of carbonyl (C=O) groups excluding carboxylic acids is 2. The Morgan fingerprint density at radius 2 is 2.00 bits per heavy atom. The molecule has 0 aliphatic carbocycles. The third-order valence-corrected chi connectivity index (χ3v) is 5.55. The van der Waals surface area contributed by atoms with Crippen LogP contribution in [0.4, 0.5) is 0 Å². The molecule has 0 bridgehead atoms. The van der Waals surface area contributed by atoms with Crippen LogP contribution in [0.1, 0.15) is 27.2 Å². The van der Waals surface area contributed by atoms with E-state index in [4.69, 9.17) is 9.15 Å². The summed E-state index contributed by atoms with van der Waals surface area (Å²) in [6.45, 7) is 2.26. The molecule has 0 spiro atoms. The molecule has 2 N–H and O–H groups in total. The monoisotopic (exact) mass is 453 g/mol. The summed E-state index contributed by atoms with van der Waals surface area (Å²) in [4.78, 5) is 27.5. The molecular formula is C27H23N3O4. The second-order valence-electron chi connectivity index (χ2n) is 7.76. The highest BCUT2D eigenvalue weighted by atomic mass is 16.5. The molecule has 0 radical (unpaired) electrons. The topological polar surface area (TPSA) is 108 Å². The smallest absolute Gasteiger partial charge is 0.337 e. The van der Waals surface area contributed by atoms with E-state index in [0.29, 0.717) is 30.0 Å². The number of ether oxygens (including phenoxy) is 1. The van der Waals surface area contributed by atoms with E-state index in [1.165, 1.54) is 13.2 Å². The third kappa shape index (κ3) is 4.76. The van der Waals surface area contributed by atoms with E-state index >= 15 is 0 Å². The molecule has 0 fully saturated rings. The summed E-state index contributed by atoms with van der Waals surface area (Å²) in [5.41, 5.74) is 4.19. The molecule has 34 heavy (non-hydrogen) atoms. The third-order valence-electron chi connectivity index (χ3n) is 5.55. The van der Waals surface area contributed by atoms with Crippen LogP contribution >= 0.6 is 0 Å². The second-order valence-corrected chi connectivity index (χ2v) is 7.76. The maximum Gasteiger partial charge on any atom is 0.337 e. The van der Waals surface area contributed by atoms with Gasteiger partial charge in [-0.2, -0.15) is 5.26 Å². The van der Waals surface area contributed by atoms with E-state index in [2.05, 4.69) is 10.3 Å². The van der Waals surface area contributed by atoms with Crippen molar-refractivity contribution in [2.24, 2.45) is 0 Å². The molecule has 0 saturated heterocycles. The van der Waals surface area contributed by atoms with Gasteiger partial charge in [-0.3, -0.25) is 4.79 Å². The molecule has 2 aromatic heterocycles. The number of aryl methyl sites for hydroxylation is 1. The maximum absolute atomic E-state index is 12.5. The average Bonchev–Trinajstić information content (AvgIpc) is 3.49. The van der Waals surface area contributed by atoms with Crippen molar-refractivity contribution in [3.8, 4) is 17.4 Å². The van der Waals surface area contributed by atoms with Crippen molar-refractivity contribution in [2.75, 3.05) is 13.7 Å². The number of furan rings is 1. The minimum Gasteiger partial charge on any atom is -0.465 e. The summed E-state index contributed by atoms with van der Waals surface area (Å²) in [5, 5.41) is 13.4. The van der Waals surface area contributed by atoms with Crippen LogP contribution in [-0.2, 0) is 16.0 Å². The number of esters is 1. The van der Waals surface area contributed by atoms with E-state index in [1.807, 2.05) is 43.5 Å². The van der Waals surface area contributed by atoms with Gasteiger partial charge in [0.15, 0.2) is 0 Å². The molecule has 0 aliphatic rings. The van der Waals surface area contributed by atoms with Gasteiger partial charge < -0.3 is 19.5 Å². The van der Waals surface area contributed by atoms with E-state index in [-0.39, 0.29) is 5.57 Å². The van der Waals surface area contributed by atoms with Gasteiger partial charge in [0.25, 0.3) is 5.91 Å². The molecule has 7 heteroatoms. The Kier molecular flexibility index (Phi) is 6.60. The lowest BCUT2D eigenvalue weighted by Gasteiger charge is -2.05. The van der Waals surface area contributed by atoms with Gasteiger partial charge >= 0.3 is 5.97 Å². The molecule has 0 unspecified atom stereocenters. The number of fused-ring (bicyclic) bond motifs is 1. The van der Waals surface area contributed by atoms with Crippen molar-refractivity contribution < 1.29 is 18.7 Å². The van der Waals surface area contributed by atoms with Crippen LogP contribution in [0.2, 0.25) is 0 Å². The van der Waals surface area contributed by atoms with Gasteiger partial charge in [0, 0.05) is 35.3 Å². The first-order valence-electron chi connectivity index (χ1n) is 10.7. The van der Waals surface area contributed by atoms with E-state index < -0.39 is 11.9 Å². The quantitative estimate of drug-likeness (QED) is 0.238. The average molecular weight is 453 g/mol. The number of methoxy groups -OCH3 is 1. The molecule has 2 heterocycles. The summed E-state index contributed by atoms with van der Waals surface area (Å²) in [6, 6.07) is 18.5. The first-order chi connectivity index (χ1) is 16.5. The number of carbonyl (C=O) groups is 2. The molecule has 4 rings (SSSR count). The number of hydrogen-bond acceptors (Lipinski definition) is 5. The fourth-order valence-corrected chi connectivity index (χ4v) is 3.80. The van der Waals surface area contributed by atoms with E-state index in [9.17, 15) is 14.9 Å². The number of hydrogen-bond donors (Lipinski definition) is 2. The van der Waals surface area contributed by atoms with Crippen molar-refractivity contribution in [1.82, 2.24) is 10.3 Å². The first kappa shape index (κ1) is 22.6. The van der Waals surface area contributed by atoms with Gasteiger partial charge in [0.2, 0.25) is 0 Å². The number of nitrogens with one attached hydrogen (secondary N) is 2. The van der Waals surface area contributed by atoms with E-state index in [0.717, 1.165) is 27.6 Å². The summed E-state index contributed by atoms with van der Waals surface area (Å²) < 4.78 is 10.6. The maximum atomic E-state index is 12.5. The largest absolute Gasteiger partial charge is 0.465 e. The zero-order valence-corrected chi connectivity index (χ0v) is 18.8. The Bertz CT molecular complexity index is 1440. The van der Waals surface area contributed by atoms with Gasteiger partial charge in [0.1, 0.15) is 23.2 Å². The molecule has 1 amide bonds. The van der Waals surface area contributed by atoms with Crippen LogP contribution in [-0.4, -0.2) is 30.5 Å². The summed E-state index contributed by atoms with van der Waals surface area (Å²) in [5.74, 6) is 0.0814. The highest BCUT2D eigenvalue weighted by Gasteiger charge is 2.14. The van der Waals surface area contributed by atoms with Crippen LogP contribution in [0.15, 0.2) is 70.8 Å². The molecule has 0 aliphatic heterocycles. The van der Waals surface area contributed by atoms with Crippen molar-refractivity contribution in [1.29, 1.82) is 5.26 Å². The lowest BCUT2D eigenvalue weighted by molar-refractivity contribution is -0.117. The molecule has 4 aromatic rings. The van der Waals surface area contributed by atoms with Gasteiger partial charge in [-0.15, -0.1) is 0 Å². The van der Waals surface area contributed by atoms with Crippen molar-refractivity contribution in [3.05, 3.63) is 88.8 Å². The van der Waals surface area contributed by atoms with Crippen molar-refractivity contribution in [2.45, 2.75) is 13.3 Å². The second kappa shape index (κ2) is 9.92. The van der Waals surface area contributed by atoms with E-state index in [1.54, 1.807) is 30.3 Å². The molecule has 0 saturated carbocycles. The lowest BCUT2D eigenvalue weighted by Crippen LogP contribution is -2.26. The Morgan fingerprint density at radius 3 is 2.76 bits per heavy atom. The predicted octanol–water partition coefficient (Wildman–Crippen LogP) is 4.79. The number of nitrogens with zero attached hydrogens (tertiary/aromatic N) is 1. The number of benzene rings is 2. The first-order valence-corrected chi connectivity index (χ1v) is 10.7. The molecular weight excluding hydrogens is 430 g/mol. The van der Waals surface area contributed by atoms with Crippen LogP contribution in [0.5, 0.6) is 0 Å². The summed E-state index contributed by atoms with van der Waals surface area (Å²) in [7, 11) is 1.34. The van der Waals surface area contributed by atoms with Gasteiger partial charge in [-0.25, -0.2) is 4.79 Å². The van der Waals surface area contributed by atoms with Crippen LogP contribution in [0.25, 0.3) is 28.3 Å². The standard InChI is InChI=1S/C27H23N3O4/c1-17-13-18(27(32)33-2)7-9-22(17)25-10-8-21(34-25)14-20(15-28)26(31)29-12-11-19-16-30-24-6-4-3-5-23(19)24/h3-10,13-14,16,30H,11-12H2,1-2H3,(H,29,31)/b20-14-. The number of para-hydroxylation sites is 1. The minimum atomic E-state index is -0.459. The number of H-pyrrole nitrogens is 1. The van der Waals surface area contributed by atoms with Crippen molar-refractivity contribution >= 4 is 28.9 Å². The Morgan fingerprint density at radius 1 is 1.18 bits per heavy atom. The number of rotatable bonds is 7. The van der Waals surface area contributed by atoms with Crippen LogP contribution in [0.3, 0.4) is 0 Å². The normalized spacial score (nSPS) is 11.3. The lowest BCUT2D eigenvalue weighted by atomic mass is 10.0. The number of aromatic amines is 1. The highest BCUT2D eigenvalue weighted by Crippen LogP contribution is 2.27. The number of amides is 1. The van der Waals surface area contributed by atoms with Crippen molar-refractivity contribution in [3.63, 3.8) is 0 Å². The highest BCUT2D eigenvalue weighted by molar-refractivity contribution is 6.01. The minimum absolute atomic E-state index is 0.0439. The predicted molar refractivity (Wildman–Crippen MR) is 129 cm³/mol. The molecule has 0 atom stereocenters. The SMILES string of the molecule is COC(=O)c1ccc(-c2ccc(/C=C(/C#N)C(=O)NCCc3c[nH]c4ccccc34)o2)c(C)c1. The zero-order valence-electron chi connectivity index (χ0n) is 18.8.